The Hall–Kier alpha value is -3.09. The number of methoxy groups -OCH3 is 1. The summed E-state index contributed by atoms with van der Waals surface area (Å²) in [6.07, 6.45) is 7.39. The predicted octanol–water partition coefficient (Wildman–Crippen LogP) is 4.52. The molecule has 1 aromatic carbocycles. The number of fused-ring (bicyclic) bond motifs is 1. The number of ether oxygens (including phenoxy) is 1. The molecule has 2 N–H and O–H groups in total. The van der Waals surface area contributed by atoms with Crippen LogP contribution in [0, 0.1) is 12.8 Å². The molecule has 0 bridgehead atoms. The Morgan fingerprint density at radius 2 is 1.89 bits per heavy atom. The van der Waals surface area contributed by atoms with Crippen LogP contribution in [0.5, 0.6) is 0 Å². The van der Waals surface area contributed by atoms with Crippen molar-refractivity contribution in [2.24, 2.45) is 5.92 Å². The second-order valence-electron chi connectivity index (χ2n) is 8.94. The van der Waals surface area contributed by atoms with E-state index in [0.717, 1.165) is 5.56 Å². The summed E-state index contributed by atoms with van der Waals surface area (Å²) in [6.45, 7) is 5.20. The molecule has 0 radical (unpaired) electrons. The molecule has 12 heteroatoms. The number of nitrogens with one attached hydrogen (secondary N) is 2. The highest BCUT2D eigenvalue weighted by molar-refractivity contribution is 7.90. The van der Waals surface area contributed by atoms with Gasteiger partial charge in [0.2, 0.25) is 5.95 Å². The van der Waals surface area contributed by atoms with E-state index in [9.17, 15) is 8.42 Å². The van der Waals surface area contributed by atoms with Crippen LogP contribution >= 0.6 is 13.5 Å². The average molecular weight is 546 g/mol. The van der Waals surface area contributed by atoms with E-state index in [1.165, 1.54) is 23.0 Å². The van der Waals surface area contributed by atoms with Gasteiger partial charge in [0, 0.05) is 25.5 Å². The van der Waals surface area contributed by atoms with Gasteiger partial charge in [-0.3, -0.25) is 4.68 Å². The van der Waals surface area contributed by atoms with Gasteiger partial charge in [-0.1, -0.05) is 25.1 Å². The van der Waals surface area contributed by atoms with Gasteiger partial charge in [0.05, 0.1) is 35.3 Å². The zero-order chi connectivity index (χ0) is 24.6. The lowest BCUT2D eigenvalue weighted by Gasteiger charge is -2.16. The number of anilines is 3. The lowest BCUT2D eigenvalue weighted by molar-refractivity contribution is 0.183. The zero-order valence-electron chi connectivity index (χ0n) is 20.5. The maximum absolute atomic E-state index is 13.5. The van der Waals surface area contributed by atoms with E-state index in [0.29, 0.717) is 41.6 Å². The molecule has 1 atom stereocenters. The van der Waals surface area contributed by atoms with Crippen LogP contribution in [0.3, 0.4) is 0 Å². The monoisotopic (exact) mass is 545 g/mol. The number of benzene rings is 1. The molecule has 0 amide bonds. The lowest BCUT2D eigenvalue weighted by atomic mass is 10.2. The number of nitrogens with zero attached hydrogens (tertiary/aromatic N) is 5. The Balaban J connectivity index is 0.00000190. The summed E-state index contributed by atoms with van der Waals surface area (Å²) in [5, 5.41) is 11.6. The smallest absolute Gasteiger partial charge is 0.269 e. The summed E-state index contributed by atoms with van der Waals surface area (Å²) in [4.78, 5) is 9.50. The molecule has 0 saturated heterocycles. The summed E-state index contributed by atoms with van der Waals surface area (Å²) < 4.78 is 35.0. The number of rotatable bonds is 10. The van der Waals surface area contributed by atoms with Gasteiger partial charge >= 0.3 is 0 Å². The molecule has 1 aliphatic carbocycles. The molecule has 10 nitrogen and oxygen atoms in total. The highest BCUT2D eigenvalue weighted by Gasteiger charge is 2.29. The largest absolute Gasteiger partial charge is 0.383 e. The molecule has 0 aliphatic heterocycles. The van der Waals surface area contributed by atoms with E-state index in [2.05, 4.69) is 27.6 Å². The topological polar surface area (TPSA) is 116 Å². The van der Waals surface area contributed by atoms with Crippen molar-refractivity contribution in [3.63, 3.8) is 0 Å². The second kappa shape index (κ2) is 11.5. The minimum absolute atomic E-state index is 0. The zero-order valence-corrected chi connectivity index (χ0v) is 22.3. The first-order valence-electron chi connectivity index (χ1n) is 11.6. The van der Waals surface area contributed by atoms with E-state index in [1.807, 2.05) is 13.1 Å². The number of hydrogen-bond donors (Lipinski definition) is 2. The van der Waals surface area contributed by atoms with E-state index >= 15 is 0 Å². The fraction of sp³-hybridized carbons (Fsp3) is 0.400. The molecular weight excluding hydrogens is 510 g/mol. The maximum atomic E-state index is 13.5. The molecule has 3 aromatic heterocycles. The molecule has 0 unspecified atom stereocenters. The van der Waals surface area contributed by atoms with Crippen LogP contribution in [0.4, 0.5) is 17.5 Å². The Kier molecular flexibility index (Phi) is 8.88. The molecule has 1 saturated carbocycles. The van der Waals surface area contributed by atoms with Crippen LogP contribution < -0.4 is 10.6 Å². The van der Waals surface area contributed by atoms with Crippen molar-refractivity contribution in [3.8, 4) is 0 Å². The van der Waals surface area contributed by atoms with Crippen molar-refractivity contribution in [1.29, 1.82) is 0 Å². The highest BCUT2D eigenvalue weighted by atomic mass is 32.2. The van der Waals surface area contributed by atoms with Crippen molar-refractivity contribution in [2.75, 3.05) is 24.4 Å². The number of aryl methyl sites for hydroxylation is 1. The van der Waals surface area contributed by atoms with Gasteiger partial charge in [-0.2, -0.15) is 28.6 Å². The molecule has 3 heterocycles. The highest BCUT2D eigenvalue weighted by Crippen LogP contribution is 2.35. The third kappa shape index (κ3) is 6.08. The summed E-state index contributed by atoms with van der Waals surface area (Å²) in [5.74, 6) is 1.48. The first-order chi connectivity index (χ1) is 16.8. The summed E-state index contributed by atoms with van der Waals surface area (Å²) in [7, 11) is -2.20. The van der Waals surface area contributed by atoms with E-state index < -0.39 is 10.0 Å². The molecule has 4 aromatic rings. The Bertz CT molecular complexity index is 1440. The summed E-state index contributed by atoms with van der Waals surface area (Å²) in [5.41, 5.74) is 1.99. The normalized spacial score (nSPS) is 14.0. The molecule has 5 rings (SSSR count). The van der Waals surface area contributed by atoms with Crippen molar-refractivity contribution in [3.05, 3.63) is 54.5 Å². The van der Waals surface area contributed by atoms with Crippen molar-refractivity contribution in [1.82, 2.24) is 23.7 Å². The number of aromatic nitrogens is 5. The van der Waals surface area contributed by atoms with Crippen LogP contribution in [0.1, 0.15) is 32.8 Å². The van der Waals surface area contributed by atoms with Gasteiger partial charge in [-0.25, -0.2) is 12.4 Å². The molecule has 0 spiro atoms. The Morgan fingerprint density at radius 1 is 1.16 bits per heavy atom. The van der Waals surface area contributed by atoms with E-state index in [4.69, 9.17) is 9.72 Å². The maximum Gasteiger partial charge on any atom is 0.269 e. The molecule has 37 heavy (non-hydrogen) atoms. The van der Waals surface area contributed by atoms with Crippen LogP contribution in [0.15, 0.2) is 53.8 Å². The third-order valence-corrected chi connectivity index (χ3v) is 7.88. The minimum Gasteiger partial charge on any atom is -0.383 e. The van der Waals surface area contributed by atoms with Crippen LogP contribution in [-0.4, -0.2) is 51.9 Å². The van der Waals surface area contributed by atoms with Crippen LogP contribution in [0.25, 0.3) is 11.0 Å². The van der Waals surface area contributed by atoms with Crippen LogP contribution in [0.2, 0.25) is 0 Å². The van der Waals surface area contributed by atoms with Gasteiger partial charge in [-0.05, 0) is 50.8 Å². The Morgan fingerprint density at radius 3 is 2.57 bits per heavy atom. The fourth-order valence-electron chi connectivity index (χ4n) is 3.97. The van der Waals surface area contributed by atoms with Gasteiger partial charge in [0.1, 0.15) is 5.82 Å². The first kappa shape index (κ1) is 28.5. The van der Waals surface area contributed by atoms with Gasteiger partial charge < -0.3 is 15.4 Å². The first-order valence-corrected chi connectivity index (χ1v) is 13.1. The number of hydrogen-bond acceptors (Lipinski definition) is 8. The quantitative estimate of drug-likeness (QED) is 0.299. The van der Waals surface area contributed by atoms with Gasteiger partial charge in [0.15, 0.2) is 5.65 Å². The van der Waals surface area contributed by atoms with Crippen molar-refractivity contribution >= 4 is 52.0 Å². The lowest BCUT2D eigenvalue weighted by Crippen LogP contribution is -2.19. The molecule has 200 valence electrons. The Labute approximate surface area is 225 Å². The standard InChI is InChI=1S/C24H29N7O3S.CH4.H2S/c1-16-4-8-20(9-5-16)35(32,33)31-11-10-21-22(26-17(2)18-6-7-18)28-24(29-23(21)31)27-19-14-25-30(15-19)12-13-34-3;;/h4-5,8-11,14-15,17-18H,6-7,12-13H2,1-3H3,(H2,26,27,28,29);1H4;1H2/t17-;;/m0../s1. The minimum atomic E-state index is -3.84. The molecule has 1 aliphatic rings. The predicted molar refractivity (Wildman–Crippen MR) is 152 cm³/mol. The average Bonchev–Trinajstić information content (AvgIpc) is 3.45. The van der Waals surface area contributed by atoms with Crippen molar-refractivity contribution in [2.45, 2.75) is 51.6 Å². The fourth-order valence-corrected chi connectivity index (χ4v) is 5.26. The summed E-state index contributed by atoms with van der Waals surface area (Å²) >= 11 is 0. The van der Waals surface area contributed by atoms with E-state index in [-0.39, 0.29) is 37.8 Å². The second-order valence-corrected chi connectivity index (χ2v) is 10.8. The third-order valence-electron chi connectivity index (χ3n) is 6.20. The van der Waals surface area contributed by atoms with Gasteiger partial charge in [0.25, 0.3) is 10.0 Å². The van der Waals surface area contributed by atoms with Gasteiger partial charge in [-0.15, -0.1) is 0 Å². The van der Waals surface area contributed by atoms with Crippen LogP contribution in [-0.2, 0) is 21.3 Å². The van der Waals surface area contributed by atoms with E-state index in [1.54, 1.807) is 48.3 Å². The SMILES string of the molecule is C.COCCn1cc(Nc2nc(N[C@@H](C)C3CC3)c3ccn(S(=O)(=O)c4ccc(C)cc4)c3n2)cn1.S. The summed E-state index contributed by atoms with van der Waals surface area (Å²) in [6, 6.07) is 8.75. The molecular formula is C25H35N7O3S2. The molecule has 1 fully saturated rings. The van der Waals surface area contributed by atoms with Crippen molar-refractivity contribution < 1.29 is 13.2 Å².